The maximum Gasteiger partial charge on any atom is 0.339 e. The van der Waals surface area contributed by atoms with Crippen molar-refractivity contribution in [1.82, 2.24) is 9.97 Å². The van der Waals surface area contributed by atoms with Gasteiger partial charge in [-0.05, 0) is 42.3 Å². The molecule has 5 nitrogen and oxygen atoms in total. The standard InChI is InChI=1S/C22H18ClN3O2/c1-3-20-17(7-4-14-5-9-21(24)26-13-14)16(10-11-25-20)15-6-8-18(19(23)12-15)22(27)28-2/h5-6,8-13H,3H2,1-2H3,(H2,24,26). The molecule has 0 unspecified atom stereocenters. The normalized spacial score (nSPS) is 10.1. The number of methoxy groups -OCH3 is 1. The molecule has 3 aromatic rings. The summed E-state index contributed by atoms with van der Waals surface area (Å²) in [6.07, 6.45) is 4.10. The van der Waals surface area contributed by atoms with E-state index in [2.05, 4.69) is 21.8 Å². The van der Waals surface area contributed by atoms with Gasteiger partial charge in [-0.2, -0.15) is 0 Å². The summed E-state index contributed by atoms with van der Waals surface area (Å²) in [4.78, 5) is 20.3. The molecule has 0 saturated heterocycles. The first-order valence-corrected chi connectivity index (χ1v) is 9.01. The molecular weight excluding hydrogens is 374 g/mol. The number of halogens is 1. The third-order valence-corrected chi connectivity index (χ3v) is 4.48. The van der Waals surface area contributed by atoms with E-state index in [1.807, 2.05) is 25.1 Å². The third-order valence-electron chi connectivity index (χ3n) is 4.17. The molecule has 0 atom stereocenters. The van der Waals surface area contributed by atoms with Crippen LogP contribution in [0.25, 0.3) is 11.1 Å². The lowest BCUT2D eigenvalue weighted by Gasteiger charge is -2.10. The van der Waals surface area contributed by atoms with Gasteiger partial charge in [-0.3, -0.25) is 4.98 Å². The highest BCUT2D eigenvalue weighted by Gasteiger charge is 2.14. The number of aryl methyl sites for hydroxylation is 1. The first-order valence-electron chi connectivity index (χ1n) is 8.63. The van der Waals surface area contributed by atoms with Crippen molar-refractivity contribution in [2.24, 2.45) is 0 Å². The van der Waals surface area contributed by atoms with Crippen LogP contribution in [0.4, 0.5) is 5.82 Å². The molecule has 0 aliphatic heterocycles. The summed E-state index contributed by atoms with van der Waals surface area (Å²) in [6, 6.07) is 10.6. The number of nitrogens with zero attached hydrogens (tertiary/aromatic N) is 2. The van der Waals surface area contributed by atoms with E-state index in [4.69, 9.17) is 22.1 Å². The van der Waals surface area contributed by atoms with Gasteiger partial charge in [0.1, 0.15) is 5.82 Å². The minimum atomic E-state index is -0.476. The fraction of sp³-hybridized carbons (Fsp3) is 0.136. The smallest absolute Gasteiger partial charge is 0.339 e. The van der Waals surface area contributed by atoms with E-state index in [0.717, 1.165) is 34.4 Å². The van der Waals surface area contributed by atoms with Crippen LogP contribution >= 0.6 is 11.6 Å². The number of nitrogens with two attached hydrogens (primary N) is 1. The van der Waals surface area contributed by atoms with Crippen LogP contribution in [0.15, 0.2) is 48.8 Å². The van der Waals surface area contributed by atoms with E-state index in [9.17, 15) is 4.79 Å². The van der Waals surface area contributed by atoms with Crippen LogP contribution < -0.4 is 5.73 Å². The molecule has 6 heteroatoms. The predicted octanol–water partition coefficient (Wildman–Crippen LogP) is 4.13. The van der Waals surface area contributed by atoms with Crippen molar-refractivity contribution < 1.29 is 9.53 Å². The molecule has 0 spiro atoms. The van der Waals surface area contributed by atoms with Crippen LogP contribution in [0, 0.1) is 11.8 Å². The van der Waals surface area contributed by atoms with Gasteiger partial charge in [-0.15, -0.1) is 0 Å². The third kappa shape index (κ3) is 4.13. The molecule has 2 heterocycles. The van der Waals surface area contributed by atoms with Crippen molar-refractivity contribution in [2.45, 2.75) is 13.3 Å². The first-order chi connectivity index (χ1) is 13.5. The van der Waals surface area contributed by atoms with Crippen molar-refractivity contribution in [3.05, 3.63) is 76.2 Å². The van der Waals surface area contributed by atoms with Crippen molar-refractivity contribution in [3.63, 3.8) is 0 Å². The summed E-state index contributed by atoms with van der Waals surface area (Å²) < 4.78 is 4.75. The summed E-state index contributed by atoms with van der Waals surface area (Å²) in [6.45, 7) is 2.02. The van der Waals surface area contributed by atoms with E-state index in [-0.39, 0.29) is 0 Å². The molecule has 28 heavy (non-hydrogen) atoms. The zero-order valence-corrected chi connectivity index (χ0v) is 16.2. The second-order valence-corrected chi connectivity index (χ2v) is 6.35. The Bertz CT molecular complexity index is 1080. The molecule has 2 N–H and O–H groups in total. The Balaban J connectivity index is 2.09. The average Bonchev–Trinajstić information content (AvgIpc) is 2.72. The second kappa shape index (κ2) is 8.55. The molecule has 0 amide bonds. The largest absolute Gasteiger partial charge is 0.465 e. The van der Waals surface area contributed by atoms with Crippen molar-refractivity contribution in [3.8, 4) is 23.0 Å². The van der Waals surface area contributed by atoms with Gasteiger partial charge in [0.15, 0.2) is 0 Å². The van der Waals surface area contributed by atoms with E-state index in [1.54, 1.807) is 30.6 Å². The van der Waals surface area contributed by atoms with Crippen LogP contribution in [-0.4, -0.2) is 23.0 Å². The molecule has 0 radical (unpaired) electrons. The fourth-order valence-electron chi connectivity index (χ4n) is 2.73. The Kier molecular flexibility index (Phi) is 5.93. The van der Waals surface area contributed by atoms with Gasteiger partial charge in [0.05, 0.1) is 29.0 Å². The van der Waals surface area contributed by atoms with Crippen LogP contribution in [0.2, 0.25) is 5.02 Å². The SMILES string of the molecule is CCc1nccc(-c2ccc(C(=O)OC)c(Cl)c2)c1C#Cc1ccc(N)nc1. The summed E-state index contributed by atoms with van der Waals surface area (Å²) in [7, 11) is 1.32. The molecule has 0 aliphatic rings. The van der Waals surface area contributed by atoms with E-state index in [0.29, 0.717) is 16.4 Å². The number of pyridine rings is 2. The van der Waals surface area contributed by atoms with Crippen LogP contribution in [-0.2, 0) is 11.2 Å². The Morgan fingerprint density at radius 2 is 2.00 bits per heavy atom. The van der Waals surface area contributed by atoms with Crippen LogP contribution in [0.5, 0.6) is 0 Å². The molecule has 0 aliphatic carbocycles. The Morgan fingerprint density at radius 3 is 2.64 bits per heavy atom. The minimum Gasteiger partial charge on any atom is -0.465 e. The Hall–Kier alpha value is -3.36. The molecule has 1 aromatic carbocycles. The maximum atomic E-state index is 11.8. The van der Waals surface area contributed by atoms with Crippen LogP contribution in [0.1, 0.15) is 34.1 Å². The van der Waals surface area contributed by atoms with Gasteiger partial charge in [-0.1, -0.05) is 36.4 Å². The number of nitrogen functional groups attached to an aromatic ring is 1. The maximum absolute atomic E-state index is 11.8. The van der Waals surface area contributed by atoms with Gasteiger partial charge in [0, 0.05) is 23.5 Å². The zero-order valence-electron chi connectivity index (χ0n) is 15.5. The highest BCUT2D eigenvalue weighted by Crippen LogP contribution is 2.29. The fourth-order valence-corrected chi connectivity index (χ4v) is 2.98. The Labute approximate surface area is 168 Å². The van der Waals surface area contributed by atoms with E-state index in [1.165, 1.54) is 7.11 Å². The first kappa shape index (κ1) is 19.4. The monoisotopic (exact) mass is 391 g/mol. The summed E-state index contributed by atoms with van der Waals surface area (Å²) in [5, 5.41) is 0.320. The summed E-state index contributed by atoms with van der Waals surface area (Å²) in [5.41, 5.74) is 10.1. The highest BCUT2D eigenvalue weighted by molar-refractivity contribution is 6.33. The average molecular weight is 392 g/mol. The summed E-state index contributed by atoms with van der Waals surface area (Å²) >= 11 is 6.29. The molecule has 0 saturated carbocycles. The number of ether oxygens (including phenoxy) is 1. The van der Waals surface area contributed by atoms with Crippen molar-refractivity contribution in [2.75, 3.05) is 12.8 Å². The molecule has 0 fully saturated rings. The Morgan fingerprint density at radius 1 is 1.18 bits per heavy atom. The van der Waals surface area contributed by atoms with Crippen molar-refractivity contribution in [1.29, 1.82) is 0 Å². The number of benzene rings is 1. The lowest BCUT2D eigenvalue weighted by Crippen LogP contribution is -2.02. The topological polar surface area (TPSA) is 78.1 Å². The lowest BCUT2D eigenvalue weighted by molar-refractivity contribution is 0.0601. The lowest BCUT2D eigenvalue weighted by atomic mass is 9.97. The highest BCUT2D eigenvalue weighted by atomic mass is 35.5. The number of carbonyl (C=O) groups excluding carboxylic acids is 1. The number of carbonyl (C=O) groups is 1. The summed E-state index contributed by atoms with van der Waals surface area (Å²) in [5.74, 6) is 6.29. The van der Waals surface area contributed by atoms with E-state index < -0.39 is 5.97 Å². The number of rotatable bonds is 3. The van der Waals surface area contributed by atoms with Crippen LogP contribution in [0.3, 0.4) is 0 Å². The zero-order chi connectivity index (χ0) is 20.1. The minimum absolute atomic E-state index is 0.318. The van der Waals surface area contributed by atoms with Gasteiger partial charge in [0.25, 0.3) is 0 Å². The van der Waals surface area contributed by atoms with Crippen molar-refractivity contribution >= 4 is 23.4 Å². The molecule has 0 bridgehead atoms. The molecule has 140 valence electrons. The number of hydrogen-bond acceptors (Lipinski definition) is 5. The number of hydrogen-bond donors (Lipinski definition) is 1. The molecule has 2 aromatic heterocycles. The van der Waals surface area contributed by atoms with Gasteiger partial charge in [0.2, 0.25) is 0 Å². The van der Waals surface area contributed by atoms with Gasteiger partial charge in [-0.25, -0.2) is 9.78 Å². The number of esters is 1. The van der Waals surface area contributed by atoms with E-state index >= 15 is 0 Å². The molecular formula is C22H18ClN3O2. The number of anilines is 1. The number of aromatic nitrogens is 2. The predicted molar refractivity (Wildman–Crippen MR) is 110 cm³/mol. The second-order valence-electron chi connectivity index (χ2n) is 5.94. The van der Waals surface area contributed by atoms with Gasteiger partial charge < -0.3 is 10.5 Å². The quantitative estimate of drug-likeness (QED) is 0.536. The van der Waals surface area contributed by atoms with Gasteiger partial charge >= 0.3 is 5.97 Å². The molecule has 3 rings (SSSR count).